The molecule has 0 saturated heterocycles. The normalized spacial score (nSPS) is 10.9. The summed E-state index contributed by atoms with van der Waals surface area (Å²) in [5.41, 5.74) is 1.06. The Morgan fingerprint density at radius 3 is 2.53 bits per heavy atom. The number of aromatic amines is 1. The molecule has 3 nitrogen and oxygen atoms in total. The van der Waals surface area contributed by atoms with E-state index in [9.17, 15) is 0 Å². The van der Waals surface area contributed by atoms with E-state index in [0.717, 1.165) is 11.5 Å². The number of H-pyrrole nitrogens is 1. The van der Waals surface area contributed by atoms with E-state index in [2.05, 4.69) is 24.0 Å². The quantitative estimate of drug-likeness (QED) is 0.788. The Kier molecular flexibility index (Phi) is 2.68. The highest BCUT2D eigenvalue weighted by Crippen LogP contribution is 2.17. The Morgan fingerprint density at radius 1 is 1.27 bits per heavy atom. The number of benzene rings is 1. The molecule has 0 aliphatic heterocycles. The fourth-order valence-electron chi connectivity index (χ4n) is 1.52. The van der Waals surface area contributed by atoms with Gasteiger partial charge in [0.25, 0.3) is 0 Å². The summed E-state index contributed by atoms with van der Waals surface area (Å²) in [6, 6.07) is 10.0. The summed E-state index contributed by atoms with van der Waals surface area (Å²) in [5.74, 6) is 1.31. The van der Waals surface area contributed by atoms with Crippen molar-refractivity contribution in [3.63, 3.8) is 0 Å². The third kappa shape index (κ3) is 1.85. The Balaban J connectivity index is 2.62. The molecular formula is C11H13N3S. The van der Waals surface area contributed by atoms with Crippen molar-refractivity contribution in [2.75, 3.05) is 0 Å². The number of para-hydroxylation sites is 1. The molecule has 78 valence electrons. The first-order valence-electron chi connectivity index (χ1n) is 4.93. The SMILES string of the molecule is CC(C)c1n[nH]c(=S)n1-c1ccccc1. The monoisotopic (exact) mass is 219 g/mol. The molecule has 15 heavy (non-hydrogen) atoms. The van der Waals surface area contributed by atoms with Gasteiger partial charge in [0, 0.05) is 11.6 Å². The van der Waals surface area contributed by atoms with Gasteiger partial charge < -0.3 is 0 Å². The molecule has 0 atom stereocenters. The van der Waals surface area contributed by atoms with E-state index < -0.39 is 0 Å². The van der Waals surface area contributed by atoms with Crippen LogP contribution in [0.2, 0.25) is 0 Å². The summed E-state index contributed by atoms with van der Waals surface area (Å²) in [6.45, 7) is 4.20. The third-order valence-electron chi connectivity index (χ3n) is 2.23. The second kappa shape index (κ2) is 3.98. The minimum Gasteiger partial charge on any atom is -0.272 e. The van der Waals surface area contributed by atoms with Crippen molar-refractivity contribution >= 4 is 12.2 Å². The Hall–Kier alpha value is -1.42. The van der Waals surface area contributed by atoms with Gasteiger partial charge in [0.2, 0.25) is 0 Å². The second-order valence-electron chi connectivity index (χ2n) is 3.71. The van der Waals surface area contributed by atoms with Gasteiger partial charge >= 0.3 is 0 Å². The van der Waals surface area contributed by atoms with Crippen LogP contribution in [0.1, 0.15) is 25.6 Å². The number of nitrogens with one attached hydrogen (secondary N) is 1. The van der Waals surface area contributed by atoms with Crippen molar-refractivity contribution in [1.29, 1.82) is 0 Å². The molecule has 2 aromatic rings. The fraction of sp³-hybridized carbons (Fsp3) is 0.273. The van der Waals surface area contributed by atoms with Crippen LogP contribution in [0.25, 0.3) is 5.69 Å². The van der Waals surface area contributed by atoms with Gasteiger partial charge in [-0.2, -0.15) is 5.10 Å². The van der Waals surface area contributed by atoms with Gasteiger partial charge in [-0.15, -0.1) is 0 Å². The van der Waals surface area contributed by atoms with E-state index in [-0.39, 0.29) is 0 Å². The molecule has 4 heteroatoms. The van der Waals surface area contributed by atoms with Crippen molar-refractivity contribution in [3.8, 4) is 5.69 Å². The zero-order valence-corrected chi connectivity index (χ0v) is 9.58. The van der Waals surface area contributed by atoms with Crippen LogP contribution in [0.5, 0.6) is 0 Å². The molecule has 0 radical (unpaired) electrons. The highest BCUT2D eigenvalue weighted by Gasteiger charge is 2.10. The van der Waals surface area contributed by atoms with Gasteiger partial charge in [-0.3, -0.25) is 9.67 Å². The molecule has 0 bridgehead atoms. The maximum Gasteiger partial charge on any atom is 0.199 e. The Bertz CT molecular complexity index is 496. The number of nitrogens with zero attached hydrogens (tertiary/aromatic N) is 2. The minimum atomic E-state index is 0.346. The molecule has 1 aromatic heterocycles. The average Bonchev–Trinajstić information content (AvgIpc) is 2.61. The van der Waals surface area contributed by atoms with Crippen molar-refractivity contribution in [2.24, 2.45) is 0 Å². The van der Waals surface area contributed by atoms with E-state index in [1.165, 1.54) is 0 Å². The van der Waals surface area contributed by atoms with E-state index in [1.54, 1.807) is 0 Å². The summed E-state index contributed by atoms with van der Waals surface area (Å²) in [4.78, 5) is 0. The van der Waals surface area contributed by atoms with Gasteiger partial charge in [0.05, 0.1) is 0 Å². The maximum absolute atomic E-state index is 5.22. The molecule has 2 rings (SSSR count). The molecule has 0 spiro atoms. The number of aromatic nitrogens is 3. The molecule has 0 amide bonds. The summed E-state index contributed by atoms with van der Waals surface area (Å²) in [5, 5.41) is 7.07. The lowest BCUT2D eigenvalue weighted by Crippen LogP contribution is -2.02. The van der Waals surface area contributed by atoms with Crippen molar-refractivity contribution in [3.05, 3.63) is 40.9 Å². The van der Waals surface area contributed by atoms with Crippen LogP contribution in [0.3, 0.4) is 0 Å². The topological polar surface area (TPSA) is 33.6 Å². The Labute approximate surface area is 93.8 Å². The van der Waals surface area contributed by atoms with E-state index in [1.807, 2.05) is 34.9 Å². The Morgan fingerprint density at radius 2 is 1.93 bits per heavy atom. The van der Waals surface area contributed by atoms with Crippen LogP contribution in [-0.4, -0.2) is 14.8 Å². The van der Waals surface area contributed by atoms with Crippen LogP contribution in [-0.2, 0) is 0 Å². The summed E-state index contributed by atoms with van der Waals surface area (Å²) < 4.78 is 2.62. The summed E-state index contributed by atoms with van der Waals surface area (Å²) in [6.07, 6.45) is 0. The molecule has 0 aliphatic carbocycles. The smallest absolute Gasteiger partial charge is 0.199 e. The number of hydrogen-bond acceptors (Lipinski definition) is 2. The lowest BCUT2D eigenvalue weighted by molar-refractivity contribution is 0.744. The molecule has 0 unspecified atom stereocenters. The van der Waals surface area contributed by atoms with Gasteiger partial charge in [-0.1, -0.05) is 32.0 Å². The number of hydrogen-bond donors (Lipinski definition) is 1. The molecule has 1 aromatic carbocycles. The average molecular weight is 219 g/mol. The van der Waals surface area contributed by atoms with Crippen LogP contribution in [0.4, 0.5) is 0 Å². The van der Waals surface area contributed by atoms with Gasteiger partial charge in [-0.05, 0) is 24.4 Å². The van der Waals surface area contributed by atoms with Gasteiger partial charge in [0.15, 0.2) is 4.77 Å². The molecular weight excluding hydrogens is 206 g/mol. The second-order valence-corrected chi connectivity index (χ2v) is 4.10. The number of rotatable bonds is 2. The first kappa shape index (κ1) is 10.1. The van der Waals surface area contributed by atoms with E-state index >= 15 is 0 Å². The molecule has 0 fully saturated rings. The van der Waals surface area contributed by atoms with Crippen LogP contribution in [0, 0.1) is 4.77 Å². The first-order chi connectivity index (χ1) is 7.20. The van der Waals surface area contributed by atoms with Gasteiger partial charge in [-0.25, -0.2) is 0 Å². The highest BCUT2D eigenvalue weighted by atomic mass is 32.1. The standard InChI is InChI=1S/C11H13N3S/c1-8(2)10-12-13-11(15)14(10)9-6-4-3-5-7-9/h3-8H,1-2H3,(H,13,15). The summed E-state index contributed by atoms with van der Waals surface area (Å²) >= 11 is 5.22. The van der Waals surface area contributed by atoms with E-state index in [0.29, 0.717) is 10.7 Å². The maximum atomic E-state index is 5.22. The van der Waals surface area contributed by atoms with Gasteiger partial charge in [0.1, 0.15) is 5.82 Å². The molecule has 1 heterocycles. The molecule has 0 aliphatic rings. The predicted molar refractivity (Wildman–Crippen MR) is 62.8 cm³/mol. The molecule has 1 N–H and O–H groups in total. The zero-order valence-electron chi connectivity index (χ0n) is 8.77. The lowest BCUT2D eigenvalue weighted by atomic mass is 10.2. The summed E-state index contributed by atoms with van der Waals surface area (Å²) in [7, 11) is 0. The van der Waals surface area contributed by atoms with Crippen molar-refractivity contribution < 1.29 is 0 Å². The minimum absolute atomic E-state index is 0.346. The fourth-order valence-corrected chi connectivity index (χ4v) is 1.77. The van der Waals surface area contributed by atoms with Crippen molar-refractivity contribution in [2.45, 2.75) is 19.8 Å². The first-order valence-corrected chi connectivity index (χ1v) is 5.33. The lowest BCUT2D eigenvalue weighted by Gasteiger charge is -2.08. The van der Waals surface area contributed by atoms with Crippen LogP contribution < -0.4 is 0 Å². The highest BCUT2D eigenvalue weighted by molar-refractivity contribution is 7.71. The molecule has 0 saturated carbocycles. The largest absolute Gasteiger partial charge is 0.272 e. The van der Waals surface area contributed by atoms with Crippen LogP contribution in [0.15, 0.2) is 30.3 Å². The zero-order chi connectivity index (χ0) is 10.8. The van der Waals surface area contributed by atoms with E-state index in [4.69, 9.17) is 12.2 Å². The third-order valence-corrected chi connectivity index (χ3v) is 2.50. The predicted octanol–water partition coefficient (Wildman–Crippen LogP) is 3.05. The van der Waals surface area contributed by atoms with Crippen LogP contribution >= 0.6 is 12.2 Å². The van der Waals surface area contributed by atoms with Crippen molar-refractivity contribution in [1.82, 2.24) is 14.8 Å².